The first-order valence-electron chi connectivity index (χ1n) is 9.62. The fourth-order valence-corrected chi connectivity index (χ4v) is 4.59. The van der Waals surface area contributed by atoms with Crippen LogP contribution in [0.3, 0.4) is 0 Å². The first kappa shape index (κ1) is 26.6. The van der Waals surface area contributed by atoms with E-state index in [2.05, 4.69) is 22.2 Å². The van der Waals surface area contributed by atoms with Crippen molar-refractivity contribution in [3.05, 3.63) is 65.3 Å². The molecule has 6 nitrogen and oxygen atoms in total. The number of hydrogen-bond acceptors (Lipinski definition) is 7. The Labute approximate surface area is 212 Å². The number of aliphatic hydroxyl groups excluding tert-OH is 1. The summed E-state index contributed by atoms with van der Waals surface area (Å²) >= 11 is 8.93. The Hall–Kier alpha value is -1.66. The summed E-state index contributed by atoms with van der Waals surface area (Å²) < 4.78 is 3.43. The van der Waals surface area contributed by atoms with E-state index >= 15 is 0 Å². The Morgan fingerprint density at radius 3 is 2.59 bits per heavy atom. The summed E-state index contributed by atoms with van der Waals surface area (Å²) in [7, 11) is 0. The van der Waals surface area contributed by atoms with E-state index in [0.29, 0.717) is 10.8 Å². The summed E-state index contributed by atoms with van der Waals surface area (Å²) in [6.07, 6.45) is 5.66. The molecule has 0 aliphatic carbocycles. The van der Waals surface area contributed by atoms with Crippen molar-refractivity contribution < 1.29 is 28.8 Å². The number of rotatable bonds is 7. The van der Waals surface area contributed by atoms with Gasteiger partial charge in [-0.3, -0.25) is 9.67 Å². The van der Waals surface area contributed by atoms with Crippen LogP contribution < -0.4 is 18.9 Å². The van der Waals surface area contributed by atoms with Gasteiger partial charge in [-0.25, -0.2) is 6.29 Å². The molecule has 3 heterocycles. The van der Waals surface area contributed by atoms with Gasteiger partial charge in [0.15, 0.2) is 0 Å². The van der Waals surface area contributed by atoms with Gasteiger partial charge in [0.25, 0.3) is 0 Å². The second kappa shape index (κ2) is 12.5. The van der Waals surface area contributed by atoms with Gasteiger partial charge >= 0.3 is 18.9 Å². The van der Waals surface area contributed by atoms with Gasteiger partial charge in [0.1, 0.15) is 5.69 Å². The third-order valence-electron chi connectivity index (χ3n) is 4.25. The van der Waals surface area contributed by atoms with E-state index in [9.17, 15) is 4.79 Å². The molecule has 0 saturated carbocycles. The molecule has 0 fully saturated rings. The molecule has 2 atom stereocenters. The van der Waals surface area contributed by atoms with Crippen molar-refractivity contribution in [3.63, 3.8) is 0 Å². The fraction of sp³-hybridized carbons (Fsp3) is 0.273. The molecule has 1 N–H and O–H groups in total. The van der Waals surface area contributed by atoms with Gasteiger partial charge in [0, 0.05) is 0 Å². The van der Waals surface area contributed by atoms with Crippen molar-refractivity contribution in [1.82, 2.24) is 20.0 Å². The van der Waals surface area contributed by atoms with Gasteiger partial charge in [-0.2, -0.15) is 17.8 Å². The second-order valence-corrected chi connectivity index (χ2v) is 9.89. The Balaban J connectivity index is 0.000000224. The maximum atomic E-state index is 10.9. The summed E-state index contributed by atoms with van der Waals surface area (Å²) in [6.45, 7) is 7.40. The van der Waals surface area contributed by atoms with E-state index < -0.39 is 12.1 Å². The number of para-hydroxylation sites is 1. The molecule has 32 heavy (non-hydrogen) atoms. The monoisotopic (exact) mass is 480 g/mol. The number of benzene rings is 1. The van der Waals surface area contributed by atoms with Crippen molar-refractivity contribution in [1.29, 1.82) is 0 Å². The third-order valence-corrected chi connectivity index (χ3v) is 6.53. The van der Waals surface area contributed by atoms with Gasteiger partial charge in [0.2, 0.25) is 0 Å². The van der Waals surface area contributed by atoms with E-state index in [1.807, 2.05) is 63.0 Å². The fourth-order valence-electron chi connectivity index (χ4n) is 2.69. The van der Waals surface area contributed by atoms with E-state index in [-0.39, 0.29) is 24.8 Å². The van der Waals surface area contributed by atoms with Gasteiger partial charge in [-0.15, -0.1) is 16.4 Å². The molecule has 1 unspecified atom stereocenters. The van der Waals surface area contributed by atoms with Crippen molar-refractivity contribution in [3.8, 4) is 10.6 Å². The summed E-state index contributed by atoms with van der Waals surface area (Å²) in [5.74, 6) is 0.133. The number of thiophene rings is 1. The van der Waals surface area contributed by atoms with E-state index in [0.717, 1.165) is 21.1 Å². The quantitative estimate of drug-likeness (QED) is 0.324. The first-order valence-corrected chi connectivity index (χ1v) is 11.6. The Kier molecular flexibility index (Phi) is 10.4. The number of thiazole rings is 1. The van der Waals surface area contributed by atoms with Crippen LogP contribution in [-0.2, 0) is 4.79 Å². The normalized spacial score (nSPS) is 12.6. The molecule has 0 spiro atoms. The molecule has 4 rings (SSSR count). The van der Waals surface area contributed by atoms with Crippen LogP contribution in [0.15, 0.2) is 42.6 Å². The van der Waals surface area contributed by atoms with Gasteiger partial charge < -0.3 is 23.2 Å². The average molecular weight is 481 g/mol. The smallest absolute Gasteiger partial charge is 0.540 e. The summed E-state index contributed by atoms with van der Waals surface area (Å²) in [5, 5.41) is 18.0. The zero-order valence-electron chi connectivity index (χ0n) is 18.1. The summed E-state index contributed by atoms with van der Waals surface area (Å²) in [6, 6.07) is 11.3. The average Bonchev–Trinajstić information content (AvgIpc) is 3.46. The van der Waals surface area contributed by atoms with Crippen LogP contribution in [0.2, 0.25) is 4.34 Å². The van der Waals surface area contributed by atoms with E-state index in [1.165, 1.54) is 16.0 Å². The van der Waals surface area contributed by atoms with Crippen LogP contribution in [0.1, 0.15) is 31.3 Å². The molecule has 0 bridgehead atoms. The number of aliphatic hydroxyl groups is 1. The molecule has 0 aliphatic rings. The van der Waals surface area contributed by atoms with Crippen LogP contribution >= 0.6 is 34.3 Å². The number of aromatic nitrogens is 4. The first-order chi connectivity index (χ1) is 14.9. The molecule has 0 saturated heterocycles. The Morgan fingerprint density at radius 2 is 2.00 bits per heavy atom. The van der Waals surface area contributed by atoms with Gasteiger partial charge in [-0.1, -0.05) is 48.9 Å². The number of fused-ring (bicyclic) bond motifs is 1. The van der Waals surface area contributed by atoms with Gasteiger partial charge in [-0.05, 0) is 41.2 Å². The molecule has 1 aromatic carbocycles. The van der Waals surface area contributed by atoms with E-state index in [4.69, 9.17) is 16.7 Å². The number of hydrogen-bond donors (Lipinski definition) is 1. The molecule has 0 aliphatic heterocycles. The SMILES string of the molecule is CC(C)C([C-]=O)n1cc(-c2ccc(Cl)s2)nn1.[CH2-][C@H](O)C[CH-]c1nc2ccccc2s1.[Li+]. The number of carbonyl (C=O) groups excluding carboxylic acids is 1. The van der Waals surface area contributed by atoms with Crippen LogP contribution in [0.4, 0.5) is 0 Å². The van der Waals surface area contributed by atoms with E-state index in [1.54, 1.807) is 22.2 Å². The predicted octanol–water partition coefficient (Wildman–Crippen LogP) is 2.40. The topological polar surface area (TPSA) is 80.9 Å². The number of halogens is 1. The third kappa shape index (κ3) is 7.17. The largest absolute Gasteiger partial charge is 1.00 e. The maximum absolute atomic E-state index is 10.9. The predicted molar refractivity (Wildman–Crippen MR) is 127 cm³/mol. The maximum Gasteiger partial charge on any atom is 1.00 e. The summed E-state index contributed by atoms with van der Waals surface area (Å²) in [4.78, 5) is 16.2. The molecule has 3 aromatic heterocycles. The standard InChI is InChI=1S/C11H11ClN3OS.C11H11NOS.Li/c1-7(2)9(6-16)15-5-8(13-14-15)10-3-4-11(12)17-10;1-8(13)6-7-11-12-9-4-2-3-5-10(9)14-11;/h3-5,7,9H,1-2H3;2-5,7-8,13H,1,6H2;/q-1;-2;+1/t;8-;/m.0./s1. The Morgan fingerprint density at radius 1 is 1.25 bits per heavy atom. The molecule has 0 radical (unpaired) electrons. The van der Waals surface area contributed by atoms with Crippen LogP contribution in [0.25, 0.3) is 20.8 Å². The van der Waals surface area contributed by atoms with Crippen molar-refractivity contribution >= 4 is 50.8 Å². The van der Waals surface area contributed by atoms with Crippen LogP contribution in [0.5, 0.6) is 0 Å². The molecular weight excluding hydrogens is 459 g/mol. The van der Waals surface area contributed by atoms with Crippen molar-refractivity contribution in [2.45, 2.75) is 32.4 Å². The minimum Gasteiger partial charge on any atom is -0.540 e. The molecule has 0 amide bonds. The minimum absolute atomic E-state index is 0. The molecule has 10 heteroatoms. The minimum atomic E-state index is -0.540. The van der Waals surface area contributed by atoms with Crippen molar-refractivity contribution in [2.24, 2.45) is 5.92 Å². The van der Waals surface area contributed by atoms with Gasteiger partial charge in [0.05, 0.1) is 25.6 Å². The van der Waals surface area contributed by atoms with Crippen LogP contribution in [0, 0.1) is 19.3 Å². The zero-order valence-corrected chi connectivity index (χ0v) is 20.5. The van der Waals surface area contributed by atoms with Crippen molar-refractivity contribution in [2.75, 3.05) is 0 Å². The Bertz CT molecular complexity index is 1090. The van der Waals surface area contributed by atoms with Crippen LogP contribution in [-0.4, -0.2) is 37.5 Å². The summed E-state index contributed by atoms with van der Waals surface area (Å²) in [5.41, 5.74) is 1.74. The number of nitrogens with zero attached hydrogens (tertiary/aromatic N) is 4. The second-order valence-electron chi connectivity index (χ2n) is 7.11. The zero-order chi connectivity index (χ0) is 22.4. The molecule has 164 valence electrons. The molecular formula is C22H22ClLiN4O2S2-2. The molecule has 4 aromatic rings.